The summed E-state index contributed by atoms with van der Waals surface area (Å²) in [4.78, 5) is 0. The first-order valence-corrected chi connectivity index (χ1v) is 8.70. The summed E-state index contributed by atoms with van der Waals surface area (Å²) in [5.74, 6) is 2.47. The van der Waals surface area contributed by atoms with Gasteiger partial charge in [-0.3, -0.25) is 0 Å². The fourth-order valence-corrected chi connectivity index (χ4v) is 3.62. The molecule has 0 atom stereocenters. The van der Waals surface area contributed by atoms with Gasteiger partial charge in [-0.25, -0.2) is 0 Å². The van der Waals surface area contributed by atoms with Crippen LogP contribution in [0.15, 0.2) is 33.9 Å². The third-order valence-corrected chi connectivity index (χ3v) is 4.91. The zero-order valence-electron chi connectivity index (χ0n) is 13.2. The lowest BCUT2D eigenvalue weighted by Gasteiger charge is -2.07. The molecule has 0 aliphatic carbocycles. The number of nitrogens with zero attached hydrogens (tertiary/aromatic N) is 4. The quantitative estimate of drug-likeness (QED) is 0.635. The van der Waals surface area contributed by atoms with E-state index >= 15 is 0 Å². The van der Waals surface area contributed by atoms with Gasteiger partial charge in [0.1, 0.15) is 5.76 Å². The smallest absolute Gasteiger partial charge is 0.191 e. The highest BCUT2D eigenvalue weighted by molar-refractivity contribution is 7.98. The molecule has 0 saturated heterocycles. The number of benzene rings is 1. The van der Waals surface area contributed by atoms with Gasteiger partial charge >= 0.3 is 0 Å². The van der Waals surface area contributed by atoms with Crippen molar-refractivity contribution in [3.05, 3.63) is 46.3 Å². The molecule has 23 heavy (non-hydrogen) atoms. The second-order valence-electron chi connectivity index (χ2n) is 5.15. The molecule has 7 heteroatoms. The molecule has 0 bridgehead atoms. The summed E-state index contributed by atoms with van der Waals surface area (Å²) >= 11 is 7.59. The molecule has 0 fully saturated rings. The molecule has 2 aromatic heterocycles. The summed E-state index contributed by atoms with van der Waals surface area (Å²) in [5.41, 5.74) is 3.05. The van der Waals surface area contributed by atoms with Crippen LogP contribution in [0.1, 0.15) is 23.9 Å². The molecule has 0 aliphatic heterocycles. The van der Waals surface area contributed by atoms with Gasteiger partial charge in [0.25, 0.3) is 0 Å². The van der Waals surface area contributed by atoms with Crippen LogP contribution >= 0.6 is 23.4 Å². The molecule has 0 radical (unpaired) electrons. The van der Waals surface area contributed by atoms with Crippen molar-refractivity contribution in [2.45, 2.75) is 38.2 Å². The van der Waals surface area contributed by atoms with E-state index in [0.29, 0.717) is 5.02 Å². The van der Waals surface area contributed by atoms with Crippen molar-refractivity contribution >= 4 is 23.4 Å². The minimum Gasteiger partial charge on any atom is -0.361 e. The van der Waals surface area contributed by atoms with Crippen molar-refractivity contribution in [2.24, 2.45) is 0 Å². The average Bonchev–Trinajstić information content (AvgIpc) is 3.10. The van der Waals surface area contributed by atoms with Gasteiger partial charge in [-0.2, -0.15) is 0 Å². The van der Waals surface area contributed by atoms with Gasteiger partial charge in [0.15, 0.2) is 11.0 Å². The highest BCUT2D eigenvalue weighted by Gasteiger charge is 2.15. The molecule has 0 N–H and O–H groups in total. The molecule has 2 heterocycles. The Morgan fingerprint density at radius 3 is 2.52 bits per heavy atom. The second-order valence-corrected chi connectivity index (χ2v) is 6.53. The predicted molar refractivity (Wildman–Crippen MR) is 91.7 cm³/mol. The molecule has 0 saturated carbocycles. The zero-order chi connectivity index (χ0) is 16.4. The fraction of sp³-hybridized carbons (Fsp3) is 0.312. The van der Waals surface area contributed by atoms with E-state index < -0.39 is 0 Å². The van der Waals surface area contributed by atoms with Crippen molar-refractivity contribution in [1.82, 2.24) is 19.9 Å². The van der Waals surface area contributed by atoms with E-state index in [1.54, 1.807) is 11.8 Å². The maximum Gasteiger partial charge on any atom is 0.191 e. The van der Waals surface area contributed by atoms with Crippen molar-refractivity contribution < 1.29 is 4.52 Å². The van der Waals surface area contributed by atoms with Crippen LogP contribution < -0.4 is 0 Å². The lowest BCUT2D eigenvalue weighted by Crippen LogP contribution is -2.00. The van der Waals surface area contributed by atoms with E-state index in [1.165, 1.54) is 0 Å². The molecule has 1 aromatic carbocycles. The molecule has 120 valence electrons. The zero-order valence-corrected chi connectivity index (χ0v) is 14.8. The van der Waals surface area contributed by atoms with Gasteiger partial charge in [-0.15, -0.1) is 10.2 Å². The topological polar surface area (TPSA) is 56.7 Å². The molecule has 0 amide bonds. The fourth-order valence-electron chi connectivity index (χ4n) is 2.34. The van der Waals surface area contributed by atoms with E-state index in [4.69, 9.17) is 16.1 Å². The molecule has 0 unspecified atom stereocenters. The van der Waals surface area contributed by atoms with Crippen LogP contribution in [-0.2, 0) is 12.3 Å². The van der Waals surface area contributed by atoms with Gasteiger partial charge < -0.3 is 9.09 Å². The van der Waals surface area contributed by atoms with Crippen LogP contribution in [-0.4, -0.2) is 19.9 Å². The summed E-state index contributed by atoms with van der Waals surface area (Å²) in [7, 11) is 0. The Balaban J connectivity index is 1.85. The number of aryl methyl sites for hydroxylation is 2. The largest absolute Gasteiger partial charge is 0.361 e. The number of rotatable bonds is 5. The minimum absolute atomic E-state index is 0.712. The van der Waals surface area contributed by atoms with E-state index in [2.05, 4.69) is 26.8 Å². The van der Waals surface area contributed by atoms with E-state index in [0.717, 1.165) is 45.9 Å². The summed E-state index contributed by atoms with van der Waals surface area (Å²) in [5, 5.41) is 14.3. The van der Waals surface area contributed by atoms with Crippen LogP contribution in [0.5, 0.6) is 0 Å². The summed E-state index contributed by atoms with van der Waals surface area (Å²) in [6.45, 7) is 6.77. The van der Waals surface area contributed by atoms with E-state index in [-0.39, 0.29) is 0 Å². The van der Waals surface area contributed by atoms with Gasteiger partial charge in [0, 0.05) is 28.4 Å². The monoisotopic (exact) mass is 348 g/mol. The van der Waals surface area contributed by atoms with Gasteiger partial charge in [-0.05, 0) is 45.0 Å². The number of thioether (sulfide) groups is 1. The maximum absolute atomic E-state index is 5.95. The number of halogens is 1. The van der Waals surface area contributed by atoms with Crippen molar-refractivity contribution in [1.29, 1.82) is 0 Å². The van der Waals surface area contributed by atoms with Crippen LogP contribution in [0.4, 0.5) is 0 Å². The van der Waals surface area contributed by atoms with Gasteiger partial charge in [-0.1, -0.05) is 28.5 Å². The first-order valence-electron chi connectivity index (χ1n) is 7.33. The minimum atomic E-state index is 0.712. The maximum atomic E-state index is 5.95. The Morgan fingerprint density at radius 1 is 1.17 bits per heavy atom. The van der Waals surface area contributed by atoms with Gasteiger partial charge in [0.2, 0.25) is 0 Å². The van der Waals surface area contributed by atoms with Crippen molar-refractivity contribution in [2.75, 3.05) is 0 Å². The summed E-state index contributed by atoms with van der Waals surface area (Å²) < 4.78 is 7.31. The Kier molecular flexibility index (Phi) is 4.73. The Labute approximate surface area is 144 Å². The Bertz CT molecular complexity index is 791. The normalized spacial score (nSPS) is 11.1. The number of aromatic nitrogens is 4. The Morgan fingerprint density at radius 2 is 1.91 bits per heavy atom. The van der Waals surface area contributed by atoms with Gasteiger partial charge in [0.05, 0.1) is 5.69 Å². The molecule has 0 aliphatic rings. The predicted octanol–water partition coefficient (Wildman–Crippen LogP) is 4.52. The van der Waals surface area contributed by atoms with E-state index in [1.807, 2.05) is 38.1 Å². The highest BCUT2D eigenvalue weighted by Crippen LogP contribution is 2.28. The van der Waals surface area contributed by atoms with Crippen molar-refractivity contribution in [3.8, 4) is 11.4 Å². The molecule has 0 spiro atoms. The average molecular weight is 349 g/mol. The first-order chi connectivity index (χ1) is 11.1. The number of hydrogen-bond acceptors (Lipinski definition) is 5. The molecular weight excluding hydrogens is 332 g/mol. The Hall–Kier alpha value is -1.79. The molecular formula is C16H17ClN4OS. The third kappa shape index (κ3) is 3.28. The van der Waals surface area contributed by atoms with Crippen LogP contribution in [0.2, 0.25) is 5.02 Å². The molecule has 5 nitrogen and oxygen atoms in total. The number of hydrogen-bond donors (Lipinski definition) is 0. The third-order valence-electron chi connectivity index (χ3n) is 3.66. The first kappa shape index (κ1) is 16.1. The van der Waals surface area contributed by atoms with Crippen molar-refractivity contribution in [3.63, 3.8) is 0 Å². The van der Waals surface area contributed by atoms with Crippen LogP contribution in [0, 0.1) is 13.8 Å². The SMILES string of the molecule is CCn1c(SCc2c(C)noc2C)nnc1-c1ccc(Cl)cc1. The lowest BCUT2D eigenvalue weighted by atomic mass is 10.2. The summed E-state index contributed by atoms with van der Waals surface area (Å²) in [6, 6.07) is 7.65. The molecule has 3 aromatic rings. The standard InChI is InChI=1S/C16H17ClN4OS/c1-4-21-15(12-5-7-13(17)8-6-12)18-19-16(21)23-9-14-10(2)20-22-11(14)3/h5-8H,4,9H2,1-3H3. The highest BCUT2D eigenvalue weighted by atomic mass is 35.5. The second kappa shape index (κ2) is 6.76. The van der Waals surface area contributed by atoms with E-state index in [9.17, 15) is 0 Å². The summed E-state index contributed by atoms with van der Waals surface area (Å²) in [6.07, 6.45) is 0. The van der Waals surface area contributed by atoms with Crippen LogP contribution in [0.25, 0.3) is 11.4 Å². The van der Waals surface area contributed by atoms with Crippen LogP contribution in [0.3, 0.4) is 0 Å². The molecule has 3 rings (SSSR count). The lowest BCUT2D eigenvalue weighted by molar-refractivity contribution is 0.392.